The molecule has 0 radical (unpaired) electrons. The van der Waals surface area contributed by atoms with Gasteiger partial charge in [0.05, 0.1) is 4.90 Å². The Morgan fingerprint density at radius 3 is 2.42 bits per heavy atom. The van der Waals surface area contributed by atoms with Crippen molar-refractivity contribution in [3.05, 3.63) is 83.3 Å². The molecule has 0 saturated carbocycles. The van der Waals surface area contributed by atoms with E-state index < -0.39 is 15.8 Å². The highest BCUT2D eigenvalue weighted by Crippen LogP contribution is 2.22. The molecule has 0 fully saturated rings. The summed E-state index contributed by atoms with van der Waals surface area (Å²) >= 11 is 0. The first-order chi connectivity index (χ1) is 12.3. The van der Waals surface area contributed by atoms with Crippen molar-refractivity contribution in [1.82, 2.24) is 0 Å². The minimum atomic E-state index is -3.54. The highest BCUT2D eigenvalue weighted by atomic mass is 32.2. The molecule has 3 rings (SSSR count). The summed E-state index contributed by atoms with van der Waals surface area (Å²) in [6.07, 6.45) is 0. The fourth-order valence-corrected chi connectivity index (χ4v) is 3.80. The second kappa shape index (κ2) is 7.17. The van der Waals surface area contributed by atoms with Gasteiger partial charge < -0.3 is 9.15 Å². The molecule has 134 valence electrons. The van der Waals surface area contributed by atoms with Crippen molar-refractivity contribution in [3.63, 3.8) is 0 Å². The molecule has 26 heavy (non-hydrogen) atoms. The normalized spacial score (nSPS) is 11.3. The van der Waals surface area contributed by atoms with Gasteiger partial charge in [0.1, 0.15) is 17.3 Å². The van der Waals surface area contributed by atoms with Crippen LogP contribution in [0, 0.1) is 13.8 Å². The van der Waals surface area contributed by atoms with Crippen LogP contribution >= 0.6 is 0 Å². The van der Waals surface area contributed by atoms with E-state index in [-0.39, 0.29) is 22.2 Å². The lowest BCUT2D eigenvalue weighted by Gasteiger charge is -2.06. The fourth-order valence-electron chi connectivity index (χ4n) is 2.53. The van der Waals surface area contributed by atoms with Crippen LogP contribution in [0.15, 0.2) is 70.0 Å². The minimum absolute atomic E-state index is 0.0387. The molecule has 0 spiro atoms. The van der Waals surface area contributed by atoms with Gasteiger partial charge in [-0.1, -0.05) is 35.9 Å². The lowest BCUT2D eigenvalue weighted by atomic mass is 10.1. The van der Waals surface area contributed by atoms with E-state index in [0.29, 0.717) is 5.75 Å². The Morgan fingerprint density at radius 2 is 1.73 bits per heavy atom. The highest BCUT2D eigenvalue weighted by molar-refractivity contribution is 7.90. The fraction of sp³-hybridized carbons (Fsp3) is 0.150. The molecule has 5 nitrogen and oxygen atoms in total. The molecule has 0 aliphatic carbocycles. The third kappa shape index (κ3) is 4.03. The Labute approximate surface area is 152 Å². The van der Waals surface area contributed by atoms with Crippen LogP contribution in [0.5, 0.6) is 5.75 Å². The van der Waals surface area contributed by atoms with Crippen molar-refractivity contribution in [2.75, 3.05) is 0 Å². The van der Waals surface area contributed by atoms with Gasteiger partial charge in [-0.3, -0.25) is 0 Å². The third-order valence-electron chi connectivity index (χ3n) is 3.83. The standard InChI is InChI=1S/C20H18O5S/c1-14-8-10-18(15(2)12-14)25-20(21)19-11-9-16(24-19)13-26(22,23)17-6-4-3-5-7-17/h3-12H,13H2,1-2H3. The van der Waals surface area contributed by atoms with Crippen LogP contribution in [0.25, 0.3) is 0 Å². The third-order valence-corrected chi connectivity index (χ3v) is 5.49. The maximum Gasteiger partial charge on any atom is 0.379 e. The number of sulfone groups is 1. The highest BCUT2D eigenvalue weighted by Gasteiger charge is 2.20. The maximum atomic E-state index is 12.4. The van der Waals surface area contributed by atoms with Crippen molar-refractivity contribution >= 4 is 15.8 Å². The monoisotopic (exact) mass is 370 g/mol. The van der Waals surface area contributed by atoms with Gasteiger partial charge in [-0.2, -0.15) is 0 Å². The van der Waals surface area contributed by atoms with E-state index in [2.05, 4.69) is 0 Å². The number of hydrogen-bond acceptors (Lipinski definition) is 5. The lowest BCUT2D eigenvalue weighted by molar-refractivity contribution is 0.0698. The van der Waals surface area contributed by atoms with Crippen LogP contribution in [0.1, 0.15) is 27.4 Å². The molecule has 0 atom stereocenters. The molecule has 0 unspecified atom stereocenters. The van der Waals surface area contributed by atoms with Gasteiger partial charge in [-0.05, 0) is 49.7 Å². The smallest absolute Gasteiger partial charge is 0.379 e. The average Bonchev–Trinajstić information content (AvgIpc) is 3.06. The number of benzene rings is 2. The summed E-state index contributed by atoms with van der Waals surface area (Å²) in [6.45, 7) is 3.79. The van der Waals surface area contributed by atoms with E-state index in [4.69, 9.17) is 9.15 Å². The summed E-state index contributed by atoms with van der Waals surface area (Å²) in [5, 5.41) is 0. The van der Waals surface area contributed by atoms with Crippen LogP contribution in [-0.4, -0.2) is 14.4 Å². The van der Waals surface area contributed by atoms with E-state index in [1.54, 1.807) is 24.3 Å². The first kappa shape index (κ1) is 17.9. The number of carbonyl (C=O) groups is 1. The SMILES string of the molecule is Cc1ccc(OC(=O)c2ccc(CS(=O)(=O)c3ccccc3)o2)c(C)c1. The second-order valence-corrected chi connectivity index (χ2v) is 7.99. The topological polar surface area (TPSA) is 73.6 Å². The minimum Gasteiger partial charge on any atom is -0.453 e. The molecule has 0 aliphatic heterocycles. The van der Waals surface area contributed by atoms with Crippen LogP contribution in [0.3, 0.4) is 0 Å². The molecule has 0 aliphatic rings. The van der Waals surface area contributed by atoms with Crippen LogP contribution in [0.4, 0.5) is 0 Å². The van der Waals surface area contributed by atoms with Gasteiger partial charge in [0.2, 0.25) is 5.76 Å². The summed E-state index contributed by atoms with van der Waals surface area (Å²) in [6, 6.07) is 16.4. The van der Waals surface area contributed by atoms with E-state index >= 15 is 0 Å². The van der Waals surface area contributed by atoms with Crippen LogP contribution in [0.2, 0.25) is 0 Å². The molecule has 0 bridgehead atoms. The Morgan fingerprint density at radius 1 is 1.00 bits per heavy atom. The van der Waals surface area contributed by atoms with E-state index in [0.717, 1.165) is 11.1 Å². The molecule has 6 heteroatoms. The molecule has 0 amide bonds. The molecule has 1 aromatic heterocycles. The molecular formula is C20H18O5S. The predicted octanol–water partition coefficient (Wildman–Crippen LogP) is 4.09. The number of esters is 1. The van der Waals surface area contributed by atoms with Crippen molar-refractivity contribution in [2.24, 2.45) is 0 Å². The number of ether oxygens (including phenoxy) is 1. The zero-order chi connectivity index (χ0) is 18.7. The van der Waals surface area contributed by atoms with Gasteiger partial charge in [-0.15, -0.1) is 0 Å². The van der Waals surface area contributed by atoms with E-state index in [1.165, 1.54) is 24.3 Å². The van der Waals surface area contributed by atoms with E-state index in [1.807, 2.05) is 26.0 Å². The summed E-state index contributed by atoms with van der Waals surface area (Å²) in [5.41, 5.74) is 1.89. The number of furan rings is 1. The Kier molecular flexibility index (Phi) is 4.95. The molecule has 0 N–H and O–H groups in total. The quantitative estimate of drug-likeness (QED) is 0.500. The Balaban J connectivity index is 1.74. The van der Waals surface area contributed by atoms with Crippen LogP contribution < -0.4 is 4.74 Å². The van der Waals surface area contributed by atoms with Gasteiger partial charge in [0.15, 0.2) is 9.84 Å². The number of rotatable bonds is 5. The lowest BCUT2D eigenvalue weighted by Crippen LogP contribution is -2.08. The Hall–Kier alpha value is -2.86. The number of carbonyl (C=O) groups excluding carboxylic acids is 1. The van der Waals surface area contributed by atoms with Gasteiger partial charge in [-0.25, -0.2) is 13.2 Å². The molecule has 3 aromatic rings. The zero-order valence-corrected chi connectivity index (χ0v) is 15.2. The molecule has 1 heterocycles. The van der Waals surface area contributed by atoms with Crippen molar-refractivity contribution in [1.29, 1.82) is 0 Å². The number of hydrogen-bond donors (Lipinski definition) is 0. The summed E-state index contributed by atoms with van der Waals surface area (Å²) in [5.74, 6) is -0.408. The first-order valence-electron chi connectivity index (χ1n) is 8.01. The molecular weight excluding hydrogens is 352 g/mol. The Bertz CT molecular complexity index is 1030. The summed E-state index contributed by atoms with van der Waals surface area (Å²) < 4.78 is 35.5. The largest absolute Gasteiger partial charge is 0.453 e. The van der Waals surface area contributed by atoms with Gasteiger partial charge in [0, 0.05) is 0 Å². The molecule has 0 saturated heterocycles. The van der Waals surface area contributed by atoms with Crippen LogP contribution in [-0.2, 0) is 15.6 Å². The first-order valence-corrected chi connectivity index (χ1v) is 9.66. The second-order valence-electron chi connectivity index (χ2n) is 6.00. The zero-order valence-electron chi connectivity index (χ0n) is 14.4. The van der Waals surface area contributed by atoms with Crippen molar-refractivity contribution < 1.29 is 22.4 Å². The van der Waals surface area contributed by atoms with Crippen molar-refractivity contribution in [2.45, 2.75) is 24.5 Å². The van der Waals surface area contributed by atoms with Gasteiger partial charge in [0.25, 0.3) is 0 Å². The summed E-state index contributed by atoms with van der Waals surface area (Å²) in [4.78, 5) is 12.4. The average molecular weight is 370 g/mol. The number of aryl methyl sites for hydroxylation is 2. The summed E-state index contributed by atoms with van der Waals surface area (Å²) in [7, 11) is -3.54. The predicted molar refractivity (Wildman–Crippen MR) is 96.9 cm³/mol. The molecule has 2 aromatic carbocycles. The van der Waals surface area contributed by atoms with E-state index in [9.17, 15) is 13.2 Å². The van der Waals surface area contributed by atoms with Gasteiger partial charge >= 0.3 is 5.97 Å². The van der Waals surface area contributed by atoms with Crippen molar-refractivity contribution in [3.8, 4) is 5.75 Å². The maximum absolute atomic E-state index is 12.4.